The van der Waals surface area contributed by atoms with Gasteiger partial charge in [-0.15, -0.1) is 6.58 Å². The lowest BCUT2D eigenvalue weighted by molar-refractivity contribution is -0.133. The largest absolute Gasteiger partial charge is 0.464 e. The number of nitrogens with zero attached hydrogens (tertiary/aromatic N) is 2. The van der Waals surface area contributed by atoms with Crippen LogP contribution in [0.15, 0.2) is 77.7 Å². The average molecular weight is 438 g/mol. The van der Waals surface area contributed by atoms with Gasteiger partial charge in [0.15, 0.2) is 0 Å². The van der Waals surface area contributed by atoms with E-state index in [0.717, 1.165) is 5.56 Å². The Hall–Kier alpha value is -3.74. The van der Waals surface area contributed by atoms with Gasteiger partial charge >= 0.3 is 0 Å². The molecule has 0 radical (unpaired) electrons. The molecule has 5 nitrogen and oxygen atoms in total. The van der Waals surface area contributed by atoms with Gasteiger partial charge in [0, 0.05) is 18.7 Å². The minimum Gasteiger partial charge on any atom is -0.464 e. The lowest BCUT2D eigenvalue weighted by Crippen LogP contribution is -2.42. The fraction of sp³-hybridized carbons (Fsp3) is 0.200. The number of amides is 2. The van der Waals surface area contributed by atoms with E-state index in [9.17, 15) is 18.4 Å². The number of furan rings is 1. The van der Waals surface area contributed by atoms with E-state index in [0.29, 0.717) is 11.5 Å². The number of benzene rings is 2. The average Bonchev–Trinajstić information content (AvgIpc) is 3.19. The molecule has 0 saturated carbocycles. The smallest absolute Gasteiger partial charge is 0.254 e. The summed E-state index contributed by atoms with van der Waals surface area (Å²) in [6, 6.07) is 14.6. The van der Waals surface area contributed by atoms with Crippen molar-refractivity contribution in [1.29, 1.82) is 0 Å². The zero-order valence-electron chi connectivity index (χ0n) is 17.8. The van der Waals surface area contributed by atoms with Crippen LogP contribution in [0.5, 0.6) is 0 Å². The van der Waals surface area contributed by atoms with E-state index in [1.54, 1.807) is 29.2 Å². The predicted octanol–water partition coefficient (Wildman–Crippen LogP) is 4.72. The monoisotopic (exact) mass is 438 g/mol. The molecule has 7 heteroatoms. The number of carbonyl (C=O) groups is 2. The third-order valence-electron chi connectivity index (χ3n) is 4.84. The number of halogens is 2. The van der Waals surface area contributed by atoms with E-state index in [1.165, 1.54) is 47.4 Å². The first kappa shape index (κ1) is 22.9. The Bertz CT molecular complexity index is 1080. The van der Waals surface area contributed by atoms with Crippen LogP contribution >= 0.6 is 0 Å². The van der Waals surface area contributed by atoms with Crippen molar-refractivity contribution >= 4 is 11.8 Å². The summed E-state index contributed by atoms with van der Waals surface area (Å²) >= 11 is 0. The van der Waals surface area contributed by atoms with Gasteiger partial charge in [0.25, 0.3) is 5.91 Å². The van der Waals surface area contributed by atoms with Gasteiger partial charge in [-0.25, -0.2) is 8.78 Å². The van der Waals surface area contributed by atoms with E-state index in [2.05, 4.69) is 6.58 Å². The molecule has 0 spiro atoms. The topological polar surface area (TPSA) is 53.8 Å². The molecule has 0 aliphatic carbocycles. The molecule has 32 heavy (non-hydrogen) atoms. The Balaban J connectivity index is 1.80. The van der Waals surface area contributed by atoms with Gasteiger partial charge in [0.05, 0.1) is 6.54 Å². The van der Waals surface area contributed by atoms with Gasteiger partial charge in [0.2, 0.25) is 5.91 Å². The lowest BCUT2D eigenvalue weighted by atomic mass is 10.2. The van der Waals surface area contributed by atoms with Crippen molar-refractivity contribution in [2.45, 2.75) is 20.0 Å². The molecule has 0 unspecified atom stereocenters. The molecule has 0 saturated heterocycles. The predicted molar refractivity (Wildman–Crippen MR) is 117 cm³/mol. The van der Waals surface area contributed by atoms with E-state index in [1.807, 2.05) is 6.92 Å². The second-order valence-corrected chi connectivity index (χ2v) is 7.37. The Morgan fingerprint density at radius 3 is 2.09 bits per heavy atom. The van der Waals surface area contributed by atoms with Crippen LogP contribution in [0, 0.1) is 18.6 Å². The summed E-state index contributed by atoms with van der Waals surface area (Å²) in [6.07, 6.45) is 1.52. The molecular formula is C25H24F2N2O3. The molecule has 2 amide bonds. The SMILES string of the molecule is C=CCN(CC(=O)N(Cc1ccc(F)cc1)Cc1ccc(C)o1)C(=O)c1ccc(F)cc1. The highest BCUT2D eigenvalue weighted by Gasteiger charge is 2.23. The molecule has 0 aliphatic heterocycles. The molecule has 0 fully saturated rings. The van der Waals surface area contributed by atoms with Crippen molar-refractivity contribution in [2.75, 3.05) is 13.1 Å². The standard InChI is InChI=1S/C25H24F2N2O3/c1-3-14-28(25(31)20-7-11-22(27)12-8-20)17-24(30)29(16-23-13-4-18(2)32-23)15-19-5-9-21(26)10-6-19/h3-13H,1,14-17H2,2H3. The Morgan fingerprint density at radius 2 is 1.53 bits per heavy atom. The normalized spacial score (nSPS) is 10.6. The molecule has 1 heterocycles. The van der Waals surface area contributed by atoms with Crippen molar-refractivity contribution in [3.05, 3.63) is 108 Å². The molecule has 0 aliphatic rings. The van der Waals surface area contributed by atoms with E-state index >= 15 is 0 Å². The van der Waals surface area contributed by atoms with Crippen LogP contribution in [0.3, 0.4) is 0 Å². The Morgan fingerprint density at radius 1 is 0.906 bits per heavy atom. The van der Waals surface area contributed by atoms with E-state index in [4.69, 9.17) is 4.42 Å². The molecule has 1 aromatic heterocycles. The molecule has 0 atom stereocenters. The summed E-state index contributed by atoms with van der Waals surface area (Å²) in [4.78, 5) is 29.0. The van der Waals surface area contributed by atoms with Crippen molar-refractivity contribution < 1.29 is 22.8 Å². The van der Waals surface area contributed by atoms with Crippen LogP contribution in [-0.2, 0) is 17.9 Å². The summed E-state index contributed by atoms with van der Waals surface area (Å²) in [6.45, 7) is 5.81. The quantitative estimate of drug-likeness (QED) is 0.454. The Kier molecular flexibility index (Phi) is 7.54. The first-order valence-electron chi connectivity index (χ1n) is 10.1. The first-order valence-corrected chi connectivity index (χ1v) is 10.1. The zero-order chi connectivity index (χ0) is 23.1. The number of hydrogen-bond acceptors (Lipinski definition) is 3. The summed E-state index contributed by atoms with van der Waals surface area (Å²) in [7, 11) is 0. The first-order chi connectivity index (χ1) is 15.4. The molecule has 2 aromatic carbocycles. The third-order valence-corrected chi connectivity index (χ3v) is 4.84. The summed E-state index contributed by atoms with van der Waals surface area (Å²) < 4.78 is 32.1. The number of rotatable bonds is 9. The highest BCUT2D eigenvalue weighted by Crippen LogP contribution is 2.15. The molecule has 3 rings (SSSR count). The molecule has 0 N–H and O–H groups in total. The number of hydrogen-bond donors (Lipinski definition) is 0. The highest BCUT2D eigenvalue weighted by atomic mass is 19.1. The molecule has 166 valence electrons. The highest BCUT2D eigenvalue weighted by molar-refractivity contribution is 5.96. The minimum absolute atomic E-state index is 0.145. The third kappa shape index (κ3) is 6.14. The zero-order valence-corrected chi connectivity index (χ0v) is 17.8. The molecule has 3 aromatic rings. The maximum Gasteiger partial charge on any atom is 0.254 e. The summed E-state index contributed by atoms with van der Waals surface area (Å²) in [5.41, 5.74) is 1.01. The van der Waals surface area contributed by atoms with E-state index in [-0.39, 0.29) is 43.5 Å². The second kappa shape index (κ2) is 10.5. The molecular weight excluding hydrogens is 414 g/mol. The van der Waals surface area contributed by atoms with Crippen molar-refractivity contribution in [1.82, 2.24) is 9.80 Å². The fourth-order valence-electron chi connectivity index (χ4n) is 3.21. The maximum absolute atomic E-state index is 13.3. The van der Waals surface area contributed by atoms with Crippen molar-refractivity contribution in [2.24, 2.45) is 0 Å². The number of carbonyl (C=O) groups excluding carboxylic acids is 2. The van der Waals surface area contributed by atoms with Gasteiger partial charge in [-0.2, -0.15) is 0 Å². The number of aryl methyl sites for hydroxylation is 1. The Labute approximate surface area is 185 Å². The van der Waals surface area contributed by atoms with E-state index < -0.39 is 11.7 Å². The lowest BCUT2D eigenvalue weighted by Gasteiger charge is -2.27. The second-order valence-electron chi connectivity index (χ2n) is 7.37. The van der Waals surface area contributed by atoms with Crippen LogP contribution in [0.4, 0.5) is 8.78 Å². The van der Waals surface area contributed by atoms with Crippen LogP contribution in [0.1, 0.15) is 27.4 Å². The molecule has 0 bridgehead atoms. The van der Waals surface area contributed by atoms with Crippen molar-refractivity contribution in [3.63, 3.8) is 0 Å². The van der Waals surface area contributed by atoms with Gasteiger partial charge in [0.1, 0.15) is 29.7 Å². The maximum atomic E-state index is 13.3. The van der Waals surface area contributed by atoms with Crippen LogP contribution in [0.2, 0.25) is 0 Å². The van der Waals surface area contributed by atoms with Gasteiger partial charge in [-0.1, -0.05) is 18.2 Å². The van der Waals surface area contributed by atoms with Crippen LogP contribution < -0.4 is 0 Å². The van der Waals surface area contributed by atoms with Gasteiger partial charge in [-0.3, -0.25) is 9.59 Å². The minimum atomic E-state index is -0.452. The van der Waals surface area contributed by atoms with Gasteiger partial charge < -0.3 is 14.2 Å². The van der Waals surface area contributed by atoms with Gasteiger partial charge in [-0.05, 0) is 61.0 Å². The fourth-order valence-corrected chi connectivity index (χ4v) is 3.21. The van der Waals surface area contributed by atoms with Crippen LogP contribution in [0.25, 0.3) is 0 Å². The van der Waals surface area contributed by atoms with Crippen molar-refractivity contribution in [3.8, 4) is 0 Å². The van der Waals surface area contributed by atoms with Crippen LogP contribution in [-0.4, -0.2) is 34.7 Å². The summed E-state index contributed by atoms with van der Waals surface area (Å²) in [5.74, 6) is -0.232. The summed E-state index contributed by atoms with van der Waals surface area (Å²) in [5, 5.41) is 0.